The quantitative estimate of drug-likeness (QED) is 0.396. The second kappa shape index (κ2) is 11.1. The summed E-state index contributed by atoms with van der Waals surface area (Å²) in [6, 6.07) is 9.56. The number of piperidine rings is 1. The maximum atomic E-state index is 13.1. The highest BCUT2D eigenvalue weighted by atomic mass is 16.7. The Labute approximate surface area is 241 Å². The third kappa shape index (κ3) is 7.36. The maximum absolute atomic E-state index is 13.1. The van der Waals surface area contributed by atoms with Crippen molar-refractivity contribution in [2.24, 2.45) is 0 Å². The third-order valence-corrected chi connectivity index (χ3v) is 7.72. The Balaban J connectivity index is 1.77. The Morgan fingerprint density at radius 3 is 1.95 bits per heavy atom. The summed E-state index contributed by atoms with van der Waals surface area (Å²) < 4.78 is 5.90. The van der Waals surface area contributed by atoms with E-state index in [0.717, 1.165) is 36.0 Å². The minimum Gasteiger partial charge on any atom is -0.410 e. The molecule has 7 heteroatoms. The fourth-order valence-electron chi connectivity index (χ4n) is 5.41. The lowest BCUT2D eigenvalue weighted by atomic mass is 9.79. The number of hydrogen-bond donors (Lipinski definition) is 2. The third-order valence-electron chi connectivity index (χ3n) is 7.72. The minimum absolute atomic E-state index is 0.0303. The number of hydrogen-bond acceptors (Lipinski definition) is 5. The molecule has 1 fully saturated rings. The molecular weight excluding hydrogens is 502 g/mol. The van der Waals surface area contributed by atoms with Crippen molar-refractivity contribution in [3.8, 4) is 5.75 Å². The van der Waals surface area contributed by atoms with Gasteiger partial charge in [-0.2, -0.15) is 0 Å². The van der Waals surface area contributed by atoms with Crippen molar-refractivity contribution in [3.05, 3.63) is 52.6 Å². The number of benzene rings is 2. The van der Waals surface area contributed by atoms with E-state index in [-0.39, 0.29) is 21.9 Å². The number of hydroxylamine groups is 2. The smallest absolute Gasteiger partial charge is 0.410 e. The molecule has 3 rings (SSSR count). The Bertz CT molecular complexity index is 1250. The van der Waals surface area contributed by atoms with Crippen molar-refractivity contribution < 1.29 is 19.2 Å². The second-order valence-electron chi connectivity index (χ2n) is 14.5. The molecule has 0 aromatic heterocycles. The van der Waals surface area contributed by atoms with Gasteiger partial charge < -0.3 is 9.57 Å². The molecule has 0 spiro atoms. The molecule has 0 unspecified atom stereocenters. The molecule has 7 nitrogen and oxygen atoms in total. The van der Waals surface area contributed by atoms with E-state index in [0.29, 0.717) is 17.1 Å². The monoisotopic (exact) mass is 551 g/mol. The second-order valence-corrected chi connectivity index (χ2v) is 14.5. The van der Waals surface area contributed by atoms with Crippen LogP contribution in [0.5, 0.6) is 5.75 Å². The lowest BCUT2D eigenvalue weighted by Gasteiger charge is -2.50. The Morgan fingerprint density at radius 1 is 0.800 bits per heavy atom. The molecule has 2 aromatic carbocycles. The van der Waals surface area contributed by atoms with Crippen molar-refractivity contribution in [2.45, 2.75) is 124 Å². The number of nitrogens with one attached hydrogen (secondary N) is 2. The first-order valence-corrected chi connectivity index (χ1v) is 14.3. The van der Waals surface area contributed by atoms with E-state index >= 15 is 0 Å². The first-order valence-electron chi connectivity index (χ1n) is 14.3. The van der Waals surface area contributed by atoms with Gasteiger partial charge in [0.25, 0.3) is 0 Å². The molecular formula is C33H49N3O4. The summed E-state index contributed by atoms with van der Waals surface area (Å²) in [5.74, 6) is 0.568. The normalized spacial score (nSPS) is 17.2. The molecule has 2 N–H and O–H groups in total. The van der Waals surface area contributed by atoms with Crippen LogP contribution in [0.2, 0.25) is 0 Å². The highest BCUT2D eigenvalue weighted by molar-refractivity contribution is 5.90. The molecule has 2 aromatic rings. The van der Waals surface area contributed by atoms with Crippen LogP contribution in [0.15, 0.2) is 30.3 Å². The van der Waals surface area contributed by atoms with Gasteiger partial charge in [0.1, 0.15) is 5.75 Å². The number of nitrogens with zero attached hydrogens (tertiary/aromatic N) is 1. The van der Waals surface area contributed by atoms with Crippen LogP contribution in [0.25, 0.3) is 0 Å². The van der Waals surface area contributed by atoms with Crippen LogP contribution in [-0.4, -0.2) is 28.3 Å². The summed E-state index contributed by atoms with van der Waals surface area (Å²) in [5, 5.41) is 7.50. The number of rotatable bonds is 4. The molecule has 0 atom stereocenters. The van der Waals surface area contributed by atoms with E-state index in [9.17, 15) is 9.59 Å². The van der Waals surface area contributed by atoms with Gasteiger partial charge in [-0.3, -0.25) is 10.6 Å². The fourth-order valence-corrected chi connectivity index (χ4v) is 5.41. The average molecular weight is 552 g/mol. The molecule has 0 saturated carbocycles. The number of carbonyl (C=O) groups is 2. The molecule has 0 aliphatic carbocycles. The molecule has 1 saturated heterocycles. The predicted octanol–water partition coefficient (Wildman–Crippen LogP) is 9.02. The molecule has 0 radical (unpaired) electrons. The lowest BCUT2D eigenvalue weighted by molar-refractivity contribution is -0.236. The van der Waals surface area contributed by atoms with E-state index in [4.69, 9.17) is 9.57 Å². The number of ether oxygens (including phenoxy) is 1. The van der Waals surface area contributed by atoms with Gasteiger partial charge in [0.05, 0.1) is 11.1 Å². The van der Waals surface area contributed by atoms with Gasteiger partial charge in [0.15, 0.2) is 0 Å². The zero-order valence-corrected chi connectivity index (χ0v) is 26.6. The summed E-state index contributed by atoms with van der Waals surface area (Å²) in [7, 11) is 0. The minimum atomic E-state index is -0.591. The van der Waals surface area contributed by atoms with Gasteiger partial charge >= 0.3 is 12.2 Å². The van der Waals surface area contributed by atoms with Crippen molar-refractivity contribution in [1.82, 2.24) is 5.06 Å². The number of carbonyl (C=O) groups excluding carboxylic acids is 2. The van der Waals surface area contributed by atoms with Gasteiger partial charge in [-0.1, -0.05) is 59.7 Å². The number of anilines is 2. The summed E-state index contributed by atoms with van der Waals surface area (Å²) in [4.78, 5) is 31.9. The molecule has 220 valence electrons. The van der Waals surface area contributed by atoms with Crippen LogP contribution < -0.4 is 15.4 Å². The van der Waals surface area contributed by atoms with Gasteiger partial charge in [0.2, 0.25) is 0 Å². The van der Waals surface area contributed by atoms with Crippen LogP contribution >= 0.6 is 0 Å². The van der Waals surface area contributed by atoms with Crippen molar-refractivity contribution in [3.63, 3.8) is 0 Å². The standard InChI is InChI=1S/C33H49N3O4/c1-21-14-15-24(20-26(21)35-29(38)40-36-32(9,10)16-13-17-33(36,11)12)34-28(37)39-27-22(2)18-23(30(3,4)5)19-25(27)31(6,7)8/h14-15,18-20H,13,16-17H2,1-12H3,(H,34,37)(H,35,38). The molecule has 1 aliphatic heterocycles. The number of aryl methyl sites for hydroxylation is 2. The first-order chi connectivity index (χ1) is 18.2. The fraction of sp³-hybridized carbons (Fsp3) is 0.576. The molecule has 1 aliphatic rings. The predicted molar refractivity (Wildman–Crippen MR) is 163 cm³/mol. The summed E-state index contributed by atoms with van der Waals surface area (Å²) in [6.45, 7) is 25.1. The number of amides is 2. The van der Waals surface area contributed by atoms with Crippen LogP contribution in [-0.2, 0) is 15.7 Å². The zero-order chi connectivity index (χ0) is 30.3. The van der Waals surface area contributed by atoms with Crippen LogP contribution in [0.1, 0.15) is 111 Å². The van der Waals surface area contributed by atoms with E-state index in [1.54, 1.807) is 12.1 Å². The Hall–Kier alpha value is -3.06. The average Bonchev–Trinajstić information content (AvgIpc) is 2.78. The molecule has 1 heterocycles. The van der Waals surface area contributed by atoms with E-state index in [1.807, 2.05) is 25.0 Å². The van der Waals surface area contributed by atoms with Crippen molar-refractivity contribution >= 4 is 23.6 Å². The van der Waals surface area contributed by atoms with Gasteiger partial charge in [0, 0.05) is 16.9 Å². The Morgan fingerprint density at radius 2 is 1.40 bits per heavy atom. The summed E-state index contributed by atoms with van der Waals surface area (Å²) >= 11 is 0. The maximum Gasteiger partial charge on any atom is 0.430 e. The van der Waals surface area contributed by atoms with E-state index in [1.165, 1.54) is 5.56 Å². The molecule has 2 amide bonds. The molecule has 0 bridgehead atoms. The first kappa shape index (κ1) is 31.5. The van der Waals surface area contributed by atoms with Crippen LogP contribution in [0.3, 0.4) is 0 Å². The van der Waals surface area contributed by atoms with Gasteiger partial charge in [-0.15, -0.1) is 5.06 Å². The van der Waals surface area contributed by atoms with Crippen molar-refractivity contribution in [2.75, 3.05) is 10.6 Å². The molecule has 40 heavy (non-hydrogen) atoms. The van der Waals surface area contributed by atoms with Crippen LogP contribution in [0, 0.1) is 13.8 Å². The van der Waals surface area contributed by atoms with Crippen molar-refractivity contribution in [1.29, 1.82) is 0 Å². The van der Waals surface area contributed by atoms with Crippen LogP contribution in [0.4, 0.5) is 21.0 Å². The van der Waals surface area contributed by atoms with E-state index < -0.39 is 12.2 Å². The van der Waals surface area contributed by atoms with Gasteiger partial charge in [-0.25, -0.2) is 9.59 Å². The van der Waals surface area contributed by atoms with E-state index in [2.05, 4.69) is 92.0 Å². The highest BCUT2D eigenvalue weighted by Gasteiger charge is 2.44. The summed E-state index contributed by atoms with van der Waals surface area (Å²) in [6.07, 6.45) is 1.82. The Kier molecular flexibility index (Phi) is 8.71. The van der Waals surface area contributed by atoms with Gasteiger partial charge in [-0.05, 0) is 100 Å². The lowest BCUT2D eigenvalue weighted by Crippen LogP contribution is -2.59. The highest BCUT2D eigenvalue weighted by Crippen LogP contribution is 2.40. The largest absolute Gasteiger partial charge is 0.430 e. The SMILES string of the molecule is Cc1ccc(NC(=O)Oc2c(C)cc(C(C)(C)C)cc2C(C)(C)C)cc1NC(=O)ON1C(C)(C)CCCC1(C)C. The zero-order valence-electron chi connectivity index (χ0n) is 26.6. The topological polar surface area (TPSA) is 79.9 Å². The summed E-state index contributed by atoms with van der Waals surface area (Å²) in [5.41, 5.74) is 4.19.